The summed E-state index contributed by atoms with van der Waals surface area (Å²) in [7, 11) is 0. The quantitative estimate of drug-likeness (QED) is 0.702. The SMILES string of the molecule is CC(C)(C(=O)NOCC(=O)Nc1ccc(OC(F)(F)F)cc1)c1ccccc1. The van der Waals surface area contributed by atoms with Crippen LogP contribution in [0.5, 0.6) is 5.75 Å². The molecule has 0 aliphatic heterocycles. The Morgan fingerprint density at radius 1 is 0.964 bits per heavy atom. The molecule has 0 saturated heterocycles. The average Bonchev–Trinajstić information content (AvgIpc) is 2.62. The Bertz CT molecular complexity index is 806. The second-order valence-corrected chi connectivity index (χ2v) is 6.33. The summed E-state index contributed by atoms with van der Waals surface area (Å²) in [6.45, 7) is 2.95. The minimum atomic E-state index is -4.79. The minimum Gasteiger partial charge on any atom is -0.406 e. The number of ether oxygens (including phenoxy) is 1. The predicted octanol–water partition coefficient (Wildman–Crippen LogP) is 3.55. The van der Waals surface area contributed by atoms with Crippen molar-refractivity contribution in [2.45, 2.75) is 25.6 Å². The van der Waals surface area contributed by atoms with Gasteiger partial charge in [0.2, 0.25) is 0 Å². The molecule has 2 rings (SSSR count). The van der Waals surface area contributed by atoms with Gasteiger partial charge in [0.15, 0.2) is 6.61 Å². The summed E-state index contributed by atoms with van der Waals surface area (Å²) in [6.07, 6.45) is -4.79. The first kappa shape index (κ1) is 21.2. The van der Waals surface area contributed by atoms with Crippen molar-refractivity contribution in [3.05, 3.63) is 60.2 Å². The van der Waals surface area contributed by atoms with Gasteiger partial charge in [-0.25, -0.2) is 5.48 Å². The van der Waals surface area contributed by atoms with Gasteiger partial charge in [0.05, 0.1) is 5.41 Å². The van der Waals surface area contributed by atoms with Gasteiger partial charge < -0.3 is 10.1 Å². The highest BCUT2D eigenvalue weighted by Crippen LogP contribution is 2.24. The average molecular weight is 396 g/mol. The summed E-state index contributed by atoms with van der Waals surface area (Å²) < 4.78 is 40.1. The molecule has 0 atom stereocenters. The van der Waals surface area contributed by atoms with E-state index >= 15 is 0 Å². The van der Waals surface area contributed by atoms with Gasteiger partial charge in [0.25, 0.3) is 11.8 Å². The van der Waals surface area contributed by atoms with Crippen molar-refractivity contribution in [2.24, 2.45) is 0 Å². The largest absolute Gasteiger partial charge is 0.573 e. The van der Waals surface area contributed by atoms with E-state index in [-0.39, 0.29) is 5.69 Å². The minimum absolute atomic E-state index is 0.249. The van der Waals surface area contributed by atoms with E-state index in [0.29, 0.717) is 0 Å². The molecule has 150 valence electrons. The molecule has 0 aromatic heterocycles. The molecule has 0 saturated carbocycles. The molecule has 6 nitrogen and oxygen atoms in total. The Labute approximate surface area is 159 Å². The van der Waals surface area contributed by atoms with E-state index in [9.17, 15) is 22.8 Å². The van der Waals surface area contributed by atoms with Gasteiger partial charge in [-0.3, -0.25) is 14.4 Å². The Morgan fingerprint density at radius 2 is 1.57 bits per heavy atom. The van der Waals surface area contributed by atoms with E-state index in [0.717, 1.165) is 17.7 Å². The zero-order valence-electron chi connectivity index (χ0n) is 15.2. The number of benzene rings is 2. The van der Waals surface area contributed by atoms with Gasteiger partial charge in [-0.05, 0) is 43.7 Å². The van der Waals surface area contributed by atoms with Crippen LogP contribution in [0, 0.1) is 0 Å². The molecule has 0 heterocycles. The number of hydroxylamine groups is 1. The Balaban J connectivity index is 1.80. The Hall–Kier alpha value is -3.07. The van der Waals surface area contributed by atoms with Crippen molar-refractivity contribution in [1.29, 1.82) is 0 Å². The number of carbonyl (C=O) groups is 2. The Kier molecular flexibility index (Phi) is 6.63. The first-order valence-corrected chi connectivity index (χ1v) is 8.21. The van der Waals surface area contributed by atoms with E-state index in [1.165, 1.54) is 12.1 Å². The standard InChI is InChI=1S/C19H19F3N2O4/c1-18(2,13-6-4-3-5-7-13)17(26)24-27-12-16(25)23-14-8-10-15(11-9-14)28-19(20,21)22/h3-11H,12H2,1-2H3,(H,23,25)(H,24,26). The van der Waals surface area contributed by atoms with Gasteiger partial charge in [0.1, 0.15) is 5.75 Å². The van der Waals surface area contributed by atoms with E-state index in [4.69, 9.17) is 4.84 Å². The third-order valence-electron chi connectivity index (χ3n) is 3.80. The van der Waals surface area contributed by atoms with Crippen LogP contribution < -0.4 is 15.5 Å². The summed E-state index contributed by atoms with van der Waals surface area (Å²) in [5.41, 5.74) is 2.39. The van der Waals surface area contributed by atoms with Crippen LogP contribution in [0.25, 0.3) is 0 Å². The number of amides is 2. The number of alkyl halides is 3. The zero-order chi connectivity index (χ0) is 20.8. The summed E-state index contributed by atoms with van der Waals surface area (Å²) in [4.78, 5) is 29.1. The lowest BCUT2D eigenvalue weighted by Gasteiger charge is -2.23. The van der Waals surface area contributed by atoms with Crippen molar-refractivity contribution in [3.63, 3.8) is 0 Å². The maximum Gasteiger partial charge on any atom is 0.573 e. The molecule has 2 aromatic carbocycles. The fourth-order valence-corrected chi connectivity index (χ4v) is 2.22. The van der Waals surface area contributed by atoms with Crippen LogP contribution in [0.3, 0.4) is 0 Å². The fraction of sp³-hybridized carbons (Fsp3) is 0.263. The van der Waals surface area contributed by atoms with Crippen LogP contribution in [0.1, 0.15) is 19.4 Å². The smallest absolute Gasteiger partial charge is 0.406 e. The van der Waals surface area contributed by atoms with E-state index in [1.54, 1.807) is 26.0 Å². The van der Waals surface area contributed by atoms with Crippen molar-refractivity contribution >= 4 is 17.5 Å². The first-order chi connectivity index (χ1) is 13.1. The summed E-state index contributed by atoms with van der Waals surface area (Å²) in [5.74, 6) is -1.43. The molecule has 0 bridgehead atoms. The zero-order valence-corrected chi connectivity index (χ0v) is 15.2. The maximum absolute atomic E-state index is 12.3. The van der Waals surface area contributed by atoms with E-state index < -0.39 is 35.9 Å². The molecule has 9 heteroatoms. The van der Waals surface area contributed by atoms with E-state index in [1.807, 2.05) is 18.2 Å². The number of nitrogens with one attached hydrogen (secondary N) is 2. The lowest BCUT2D eigenvalue weighted by Crippen LogP contribution is -2.41. The molecule has 0 fully saturated rings. The summed E-state index contributed by atoms with van der Waals surface area (Å²) in [6, 6.07) is 13.7. The molecule has 2 aromatic rings. The first-order valence-electron chi connectivity index (χ1n) is 8.21. The van der Waals surface area contributed by atoms with E-state index in [2.05, 4.69) is 15.5 Å². The normalized spacial score (nSPS) is 11.6. The fourth-order valence-electron chi connectivity index (χ4n) is 2.22. The van der Waals surface area contributed by atoms with Crippen molar-refractivity contribution < 1.29 is 32.3 Å². The van der Waals surface area contributed by atoms with Crippen LogP contribution >= 0.6 is 0 Å². The highest BCUT2D eigenvalue weighted by atomic mass is 19.4. The van der Waals surface area contributed by atoms with Crippen LogP contribution in [0.2, 0.25) is 0 Å². The third kappa shape index (κ3) is 6.27. The molecule has 0 spiro atoms. The summed E-state index contributed by atoms with van der Waals surface area (Å²) in [5, 5.41) is 2.42. The molecule has 0 aliphatic carbocycles. The Morgan fingerprint density at radius 3 is 2.14 bits per heavy atom. The number of carbonyl (C=O) groups excluding carboxylic acids is 2. The van der Waals surface area contributed by atoms with Crippen LogP contribution in [0.15, 0.2) is 54.6 Å². The van der Waals surface area contributed by atoms with Gasteiger partial charge in [-0.15, -0.1) is 13.2 Å². The molecular weight excluding hydrogens is 377 g/mol. The highest BCUT2D eigenvalue weighted by Gasteiger charge is 2.31. The van der Waals surface area contributed by atoms with Crippen molar-refractivity contribution in [1.82, 2.24) is 5.48 Å². The lowest BCUT2D eigenvalue weighted by molar-refractivity contribution is -0.274. The molecule has 2 N–H and O–H groups in total. The lowest BCUT2D eigenvalue weighted by atomic mass is 9.84. The second kappa shape index (κ2) is 8.75. The molecule has 0 radical (unpaired) electrons. The van der Waals surface area contributed by atoms with Crippen LogP contribution in [0.4, 0.5) is 18.9 Å². The van der Waals surface area contributed by atoms with Crippen LogP contribution in [-0.4, -0.2) is 24.8 Å². The van der Waals surface area contributed by atoms with Crippen molar-refractivity contribution in [2.75, 3.05) is 11.9 Å². The van der Waals surface area contributed by atoms with Gasteiger partial charge >= 0.3 is 6.36 Å². The molecule has 0 aliphatic rings. The molecule has 0 unspecified atom stereocenters. The number of hydrogen-bond donors (Lipinski definition) is 2. The number of halogens is 3. The number of anilines is 1. The monoisotopic (exact) mass is 396 g/mol. The predicted molar refractivity (Wildman–Crippen MR) is 95.3 cm³/mol. The molecule has 28 heavy (non-hydrogen) atoms. The van der Waals surface area contributed by atoms with Crippen molar-refractivity contribution in [3.8, 4) is 5.75 Å². The topological polar surface area (TPSA) is 76.7 Å². The number of rotatable bonds is 7. The summed E-state index contributed by atoms with van der Waals surface area (Å²) >= 11 is 0. The highest BCUT2D eigenvalue weighted by molar-refractivity contribution is 5.92. The molecule has 2 amide bonds. The third-order valence-corrected chi connectivity index (χ3v) is 3.80. The number of hydrogen-bond acceptors (Lipinski definition) is 4. The van der Waals surface area contributed by atoms with Gasteiger partial charge in [-0.1, -0.05) is 30.3 Å². The van der Waals surface area contributed by atoms with Gasteiger partial charge in [-0.2, -0.15) is 0 Å². The second-order valence-electron chi connectivity index (χ2n) is 6.33. The molecular formula is C19H19F3N2O4. The van der Waals surface area contributed by atoms with Gasteiger partial charge in [0, 0.05) is 5.69 Å². The maximum atomic E-state index is 12.3. The van der Waals surface area contributed by atoms with Crippen LogP contribution in [-0.2, 0) is 19.8 Å².